The van der Waals surface area contributed by atoms with Gasteiger partial charge in [-0.2, -0.15) is 0 Å². The maximum Gasteiger partial charge on any atom is 0.329 e. The lowest BCUT2D eigenvalue weighted by atomic mass is 10.2. The number of carboxylic acids is 1. The summed E-state index contributed by atoms with van der Waals surface area (Å²) >= 11 is 0. The molecule has 26 heavy (non-hydrogen) atoms. The number of aryl methyl sites for hydroxylation is 1. The summed E-state index contributed by atoms with van der Waals surface area (Å²) < 4.78 is 2.75. The quantitative estimate of drug-likeness (QED) is 0.707. The van der Waals surface area contributed by atoms with Crippen molar-refractivity contribution >= 4 is 28.8 Å². The third-order valence-corrected chi connectivity index (χ3v) is 4.22. The zero-order valence-electron chi connectivity index (χ0n) is 14.9. The fourth-order valence-corrected chi connectivity index (χ4v) is 2.76. The van der Waals surface area contributed by atoms with Gasteiger partial charge in [-0.3, -0.25) is 18.7 Å². The van der Waals surface area contributed by atoms with Gasteiger partial charge in [0, 0.05) is 27.1 Å². The molecular formula is C17H22N4O5. The maximum absolute atomic E-state index is 12.7. The predicted octanol–water partition coefficient (Wildman–Crippen LogP) is -0.222. The molecule has 1 atom stereocenters. The number of hydrogen-bond acceptors (Lipinski definition) is 4. The van der Waals surface area contributed by atoms with Crippen LogP contribution in [0.4, 0.5) is 0 Å². The van der Waals surface area contributed by atoms with Crippen molar-refractivity contribution in [2.24, 2.45) is 7.05 Å². The Hall–Kier alpha value is -3.10. The van der Waals surface area contributed by atoms with Crippen molar-refractivity contribution in [3.05, 3.63) is 34.7 Å². The highest BCUT2D eigenvalue weighted by Crippen LogP contribution is 2.12. The first-order valence-electron chi connectivity index (χ1n) is 8.15. The molecule has 0 spiro atoms. The van der Waals surface area contributed by atoms with Crippen LogP contribution in [0.15, 0.2) is 29.1 Å². The van der Waals surface area contributed by atoms with E-state index in [1.54, 1.807) is 31.3 Å². The molecule has 2 rings (SSSR count). The average molecular weight is 362 g/mol. The van der Waals surface area contributed by atoms with Crippen molar-refractivity contribution in [2.45, 2.75) is 26.4 Å². The summed E-state index contributed by atoms with van der Waals surface area (Å²) in [6, 6.07) is 5.97. The van der Waals surface area contributed by atoms with Gasteiger partial charge in [0.05, 0.1) is 11.0 Å². The fourth-order valence-electron chi connectivity index (χ4n) is 2.76. The summed E-state index contributed by atoms with van der Waals surface area (Å²) in [5, 5.41) is 11.8. The molecule has 0 saturated heterocycles. The maximum atomic E-state index is 12.7. The molecule has 2 N–H and O–H groups in total. The summed E-state index contributed by atoms with van der Waals surface area (Å²) in [6.45, 7) is 2.61. The van der Waals surface area contributed by atoms with Crippen LogP contribution in [0.1, 0.15) is 13.8 Å². The summed E-state index contributed by atoms with van der Waals surface area (Å²) in [4.78, 5) is 48.6. The summed E-state index contributed by atoms with van der Waals surface area (Å²) in [7, 11) is 1.61. The van der Waals surface area contributed by atoms with E-state index in [1.165, 1.54) is 23.0 Å². The SMILES string of the molecule is CC(=O)NCCN(C(=O)Cn1c(=O)n(C)c2ccccc21)C(C)C(=O)O. The van der Waals surface area contributed by atoms with E-state index in [4.69, 9.17) is 0 Å². The molecule has 1 unspecified atom stereocenters. The van der Waals surface area contributed by atoms with Crippen LogP contribution >= 0.6 is 0 Å². The van der Waals surface area contributed by atoms with Gasteiger partial charge in [0.15, 0.2) is 0 Å². The van der Waals surface area contributed by atoms with Crippen molar-refractivity contribution in [3.8, 4) is 0 Å². The van der Waals surface area contributed by atoms with Crippen LogP contribution < -0.4 is 11.0 Å². The fraction of sp³-hybridized carbons (Fsp3) is 0.412. The molecule has 2 amide bonds. The highest BCUT2D eigenvalue weighted by atomic mass is 16.4. The van der Waals surface area contributed by atoms with Crippen molar-refractivity contribution in [1.82, 2.24) is 19.4 Å². The average Bonchev–Trinajstić information content (AvgIpc) is 2.83. The monoisotopic (exact) mass is 362 g/mol. The number of benzene rings is 1. The van der Waals surface area contributed by atoms with E-state index >= 15 is 0 Å². The van der Waals surface area contributed by atoms with Crippen LogP contribution in [0.2, 0.25) is 0 Å². The normalized spacial score (nSPS) is 12.0. The number of amides is 2. The topological polar surface area (TPSA) is 114 Å². The van der Waals surface area contributed by atoms with Crippen molar-refractivity contribution in [1.29, 1.82) is 0 Å². The molecule has 1 aromatic carbocycles. The van der Waals surface area contributed by atoms with Gasteiger partial charge < -0.3 is 15.3 Å². The number of aliphatic carboxylic acids is 1. The third-order valence-electron chi connectivity index (χ3n) is 4.22. The molecule has 0 fully saturated rings. The Labute approximate surface area is 149 Å². The van der Waals surface area contributed by atoms with Crippen LogP contribution in [-0.4, -0.2) is 56.1 Å². The zero-order valence-corrected chi connectivity index (χ0v) is 14.9. The molecule has 0 bridgehead atoms. The second-order valence-corrected chi connectivity index (χ2v) is 6.00. The second-order valence-electron chi connectivity index (χ2n) is 6.00. The molecule has 0 radical (unpaired) electrons. The van der Waals surface area contributed by atoms with E-state index in [0.717, 1.165) is 4.90 Å². The van der Waals surface area contributed by atoms with E-state index in [2.05, 4.69) is 5.32 Å². The van der Waals surface area contributed by atoms with E-state index in [-0.39, 0.29) is 31.2 Å². The number of nitrogens with one attached hydrogen (secondary N) is 1. The van der Waals surface area contributed by atoms with Crippen LogP contribution in [0.3, 0.4) is 0 Å². The first kappa shape index (κ1) is 19.2. The molecule has 0 aliphatic rings. The highest BCUT2D eigenvalue weighted by molar-refractivity contribution is 5.85. The summed E-state index contributed by atoms with van der Waals surface area (Å²) in [5.41, 5.74) is 0.920. The number of hydrogen-bond donors (Lipinski definition) is 2. The lowest BCUT2D eigenvalue weighted by Crippen LogP contribution is -2.48. The van der Waals surface area contributed by atoms with E-state index in [9.17, 15) is 24.3 Å². The van der Waals surface area contributed by atoms with Crippen LogP contribution in [0.25, 0.3) is 11.0 Å². The van der Waals surface area contributed by atoms with Crippen LogP contribution in [-0.2, 0) is 28.0 Å². The molecule has 0 aliphatic heterocycles. The van der Waals surface area contributed by atoms with Gasteiger partial charge >= 0.3 is 11.7 Å². The minimum Gasteiger partial charge on any atom is -0.480 e. The molecule has 0 aliphatic carbocycles. The number of imidazole rings is 1. The lowest BCUT2D eigenvalue weighted by molar-refractivity contribution is -0.149. The Balaban J connectivity index is 2.29. The first-order chi connectivity index (χ1) is 12.2. The first-order valence-corrected chi connectivity index (χ1v) is 8.15. The number of carbonyl (C=O) groups excluding carboxylic acids is 2. The highest BCUT2D eigenvalue weighted by Gasteiger charge is 2.26. The zero-order chi connectivity index (χ0) is 19.4. The van der Waals surface area contributed by atoms with Crippen LogP contribution in [0, 0.1) is 0 Å². The molecule has 1 aromatic heterocycles. The van der Waals surface area contributed by atoms with Gasteiger partial charge in [-0.25, -0.2) is 9.59 Å². The number of para-hydroxylation sites is 2. The van der Waals surface area contributed by atoms with Gasteiger partial charge in [-0.15, -0.1) is 0 Å². The molecule has 140 valence electrons. The Morgan fingerprint density at radius 1 is 1.23 bits per heavy atom. The Kier molecular flexibility index (Phi) is 5.81. The summed E-state index contributed by atoms with van der Waals surface area (Å²) in [6.07, 6.45) is 0. The standard InChI is InChI=1S/C17H22N4O5/c1-11(16(24)25)20(9-8-18-12(2)22)15(23)10-21-14-7-5-4-6-13(14)19(3)17(21)26/h4-7,11H,8-10H2,1-3H3,(H,18,22)(H,24,25). The van der Waals surface area contributed by atoms with Crippen molar-refractivity contribution in [2.75, 3.05) is 13.1 Å². The summed E-state index contributed by atoms with van der Waals surface area (Å²) in [5.74, 6) is -1.94. The smallest absolute Gasteiger partial charge is 0.329 e. The van der Waals surface area contributed by atoms with Gasteiger partial charge in [0.1, 0.15) is 12.6 Å². The van der Waals surface area contributed by atoms with Crippen molar-refractivity contribution in [3.63, 3.8) is 0 Å². The number of carboxylic acid groups (broad SMARTS) is 1. The lowest BCUT2D eigenvalue weighted by Gasteiger charge is -2.26. The number of fused-ring (bicyclic) bond motifs is 1. The molecule has 2 aromatic rings. The number of nitrogens with zero attached hydrogens (tertiary/aromatic N) is 3. The molecule has 0 saturated carbocycles. The Morgan fingerprint density at radius 2 is 1.85 bits per heavy atom. The second kappa shape index (κ2) is 7.85. The molecular weight excluding hydrogens is 340 g/mol. The molecule has 9 heteroatoms. The van der Waals surface area contributed by atoms with Gasteiger partial charge in [-0.05, 0) is 19.1 Å². The number of aromatic nitrogens is 2. The number of carbonyl (C=O) groups is 3. The minimum atomic E-state index is -1.16. The number of rotatable bonds is 7. The largest absolute Gasteiger partial charge is 0.480 e. The van der Waals surface area contributed by atoms with Crippen molar-refractivity contribution < 1.29 is 19.5 Å². The van der Waals surface area contributed by atoms with Crippen LogP contribution in [0.5, 0.6) is 0 Å². The molecule has 1 heterocycles. The molecule has 9 nitrogen and oxygen atoms in total. The predicted molar refractivity (Wildman–Crippen MR) is 94.7 cm³/mol. The van der Waals surface area contributed by atoms with Gasteiger partial charge in [-0.1, -0.05) is 12.1 Å². The van der Waals surface area contributed by atoms with E-state index in [0.29, 0.717) is 11.0 Å². The minimum absolute atomic E-state index is 0.0331. The third kappa shape index (κ3) is 3.93. The van der Waals surface area contributed by atoms with E-state index < -0.39 is 17.9 Å². The Bertz CT molecular complexity index is 898. The van der Waals surface area contributed by atoms with Gasteiger partial charge in [0.2, 0.25) is 11.8 Å². The Morgan fingerprint density at radius 3 is 2.42 bits per heavy atom. The van der Waals surface area contributed by atoms with E-state index in [1.807, 2.05) is 0 Å². The van der Waals surface area contributed by atoms with Gasteiger partial charge in [0.25, 0.3) is 0 Å².